The van der Waals surface area contributed by atoms with Crippen molar-refractivity contribution in [1.82, 2.24) is 5.32 Å². The molecule has 0 bridgehead atoms. The summed E-state index contributed by atoms with van der Waals surface area (Å²) < 4.78 is 0. The summed E-state index contributed by atoms with van der Waals surface area (Å²) in [5.74, 6) is -0.929. The molecule has 1 aliphatic carbocycles. The molecule has 0 spiro atoms. The highest BCUT2D eigenvalue weighted by Crippen LogP contribution is 2.45. The number of amides is 1. The first kappa shape index (κ1) is 11.6. The van der Waals surface area contributed by atoms with Crippen LogP contribution < -0.4 is 5.32 Å². The number of hydrogen-bond acceptors (Lipinski definition) is 2. The second-order valence-corrected chi connectivity index (χ2v) is 4.52. The van der Waals surface area contributed by atoms with Crippen LogP contribution in [0.3, 0.4) is 0 Å². The molecule has 1 aliphatic rings. The van der Waals surface area contributed by atoms with Crippen LogP contribution in [0.1, 0.15) is 18.4 Å². The lowest BCUT2D eigenvalue weighted by Crippen LogP contribution is -2.35. The molecule has 1 fully saturated rings. The van der Waals surface area contributed by atoms with Crippen LogP contribution in [0.2, 0.25) is 0 Å². The minimum absolute atomic E-state index is 0.122. The quantitative estimate of drug-likeness (QED) is 0.803. The van der Waals surface area contributed by atoms with E-state index >= 15 is 0 Å². The number of nitrogens with one attached hydrogen (secondary N) is 1. The predicted octanol–water partition coefficient (Wildman–Crippen LogP) is 1.21. The molecule has 2 rings (SSSR count). The van der Waals surface area contributed by atoms with Gasteiger partial charge >= 0.3 is 5.97 Å². The minimum atomic E-state index is -0.808. The summed E-state index contributed by atoms with van der Waals surface area (Å²) in [7, 11) is 0. The lowest BCUT2D eigenvalue weighted by atomic mass is 10.1. The first-order valence-corrected chi connectivity index (χ1v) is 5.66. The highest BCUT2D eigenvalue weighted by atomic mass is 16.4. The Bertz CT molecular complexity index is 424. The fourth-order valence-electron chi connectivity index (χ4n) is 1.73. The Morgan fingerprint density at radius 2 is 1.88 bits per heavy atom. The molecule has 1 aromatic rings. The number of carbonyl (C=O) groups excluding carboxylic acids is 1. The summed E-state index contributed by atoms with van der Waals surface area (Å²) in [6.07, 6.45) is 1.62. The SMILES string of the molecule is O=C(Cc1ccccc1)NCC1(C(=O)O)CC1. The molecule has 0 aromatic heterocycles. The number of hydrogen-bond donors (Lipinski definition) is 2. The van der Waals surface area contributed by atoms with Gasteiger partial charge in [0.1, 0.15) is 0 Å². The number of aliphatic carboxylic acids is 1. The van der Waals surface area contributed by atoms with Crippen LogP contribution in [-0.2, 0) is 16.0 Å². The van der Waals surface area contributed by atoms with Crippen molar-refractivity contribution in [2.75, 3.05) is 6.54 Å². The van der Waals surface area contributed by atoms with E-state index in [9.17, 15) is 9.59 Å². The van der Waals surface area contributed by atoms with Gasteiger partial charge in [-0.2, -0.15) is 0 Å². The Morgan fingerprint density at radius 1 is 1.24 bits per heavy atom. The Kier molecular flexibility index (Phi) is 3.13. The van der Waals surface area contributed by atoms with Crippen LogP contribution in [0.25, 0.3) is 0 Å². The summed E-state index contributed by atoms with van der Waals surface area (Å²) in [4.78, 5) is 22.5. The van der Waals surface area contributed by atoms with Gasteiger partial charge in [0.05, 0.1) is 11.8 Å². The van der Waals surface area contributed by atoms with Gasteiger partial charge in [0.25, 0.3) is 0 Å². The number of benzene rings is 1. The average molecular weight is 233 g/mol. The lowest BCUT2D eigenvalue weighted by molar-refractivity contribution is -0.143. The fourth-order valence-corrected chi connectivity index (χ4v) is 1.73. The molecule has 90 valence electrons. The van der Waals surface area contributed by atoms with Crippen molar-refractivity contribution in [3.63, 3.8) is 0 Å². The second kappa shape index (κ2) is 4.57. The molecule has 2 N–H and O–H groups in total. The molecule has 4 heteroatoms. The molecule has 0 atom stereocenters. The molecule has 1 aromatic carbocycles. The molecule has 1 amide bonds. The van der Waals surface area contributed by atoms with Gasteiger partial charge in [0.2, 0.25) is 5.91 Å². The predicted molar refractivity (Wildman–Crippen MR) is 62.5 cm³/mol. The van der Waals surface area contributed by atoms with Gasteiger partial charge in [-0.05, 0) is 18.4 Å². The van der Waals surface area contributed by atoms with Crippen molar-refractivity contribution in [2.24, 2.45) is 5.41 Å². The third kappa shape index (κ3) is 2.84. The molecule has 0 heterocycles. The van der Waals surface area contributed by atoms with Gasteiger partial charge in [-0.3, -0.25) is 9.59 Å². The molecule has 4 nitrogen and oxygen atoms in total. The first-order valence-electron chi connectivity index (χ1n) is 5.66. The Morgan fingerprint density at radius 3 is 2.41 bits per heavy atom. The minimum Gasteiger partial charge on any atom is -0.481 e. The van der Waals surface area contributed by atoms with Crippen LogP contribution in [0, 0.1) is 5.41 Å². The van der Waals surface area contributed by atoms with E-state index in [2.05, 4.69) is 5.32 Å². The Hall–Kier alpha value is -1.84. The molecular formula is C13H15NO3. The molecule has 1 saturated carbocycles. The standard InChI is InChI=1S/C13H15NO3/c15-11(8-10-4-2-1-3-5-10)14-9-13(6-7-13)12(16)17/h1-5H,6-9H2,(H,14,15)(H,16,17). The van der Waals surface area contributed by atoms with Crippen LogP contribution >= 0.6 is 0 Å². The molecule has 0 unspecified atom stereocenters. The van der Waals surface area contributed by atoms with E-state index in [0.29, 0.717) is 19.3 Å². The molecule has 17 heavy (non-hydrogen) atoms. The van der Waals surface area contributed by atoms with Crippen molar-refractivity contribution >= 4 is 11.9 Å². The van der Waals surface area contributed by atoms with Crippen LogP contribution in [0.4, 0.5) is 0 Å². The number of carbonyl (C=O) groups is 2. The fraction of sp³-hybridized carbons (Fsp3) is 0.385. The van der Waals surface area contributed by atoms with E-state index < -0.39 is 11.4 Å². The Balaban J connectivity index is 1.81. The normalized spacial score (nSPS) is 16.2. The van der Waals surface area contributed by atoms with Gasteiger partial charge in [-0.1, -0.05) is 30.3 Å². The summed E-state index contributed by atoms with van der Waals surface area (Å²) in [6, 6.07) is 9.41. The van der Waals surface area contributed by atoms with Crippen molar-refractivity contribution in [1.29, 1.82) is 0 Å². The van der Waals surface area contributed by atoms with Gasteiger partial charge in [0, 0.05) is 6.54 Å². The van der Waals surface area contributed by atoms with Crippen LogP contribution in [0.15, 0.2) is 30.3 Å². The van der Waals surface area contributed by atoms with Gasteiger partial charge < -0.3 is 10.4 Å². The maximum absolute atomic E-state index is 11.6. The average Bonchev–Trinajstić information content (AvgIpc) is 3.09. The van der Waals surface area contributed by atoms with Crippen LogP contribution in [0.5, 0.6) is 0 Å². The second-order valence-electron chi connectivity index (χ2n) is 4.52. The third-order valence-corrected chi connectivity index (χ3v) is 3.14. The van der Waals surface area contributed by atoms with E-state index in [1.165, 1.54) is 0 Å². The van der Waals surface area contributed by atoms with Gasteiger partial charge in [-0.25, -0.2) is 0 Å². The summed E-state index contributed by atoms with van der Waals surface area (Å²) in [6.45, 7) is 0.244. The summed E-state index contributed by atoms with van der Waals surface area (Å²) in [5, 5.41) is 11.7. The monoisotopic (exact) mass is 233 g/mol. The molecule has 0 saturated heterocycles. The van der Waals surface area contributed by atoms with Crippen molar-refractivity contribution in [2.45, 2.75) is 19.3 Å². The molecular weight excluding hydrogens is 218 g/mol. The number of rotatable bonds is 5. The maximum atomic E-state index is 11.6. The zero-order valence-corrected chi connectivity index (χ0v) is 9.48. The smallest absolute Gasteiger partial charge is 0.311 e. The topological polar surface area (TPSA) is 66.4 Å². The zero-order valence-electron chi connectivity index (χ0n) is 9.48. The number of carboxylic acids is 1. The van der Waals surface area contributed by atoms with E-state index in [1.807, 2.05) is 30.3 Å². The van der Waals surface area contributed by atoms with Gasteiger partial charge in [0.15, 0.2) is 0 Å². The largest absolute Gasteiger partial charge is 0.481 e. The first-order chi connectivity index (χ1) is 8.12. The third-order valence-electron chi connectivity index (χ3n) is 3.14. The lowest BCUT2D eigenvalue weighted by Gasteiger charge is -2.10. The maximum Gasteiger partial charge on any atom is 0.311 e. The van der Waals surface area contributed by atoms with Crippen LogP contribution in [-0.4, -0.2) is 23.5 Å². The Labute approximate surface area is 99.6 Å². The van der Waals surface area contributed by atoms with Crippen molar-refractivity contribution in [3.05, 3.63) is 35.9 Å². The van der Waals surface area contributed by atoms with E-state index in [-0.39, 0.29) is 12.5 Å². The number of carboxylic acid groups (broad SMARTS) is 1. The highest BCUT2D eigenvalue weighted by molar-refractivity contribution is 5.82. The molecule has 0 aliphatic heterocycles. The highest BCUT2D eigenvalue weighted by Gasteiger charge is 2.50. The summed E-state index contributed by atoms with van der Waals surface area (Å²) in [5.41, 5.74) is 0.247. The molecule has 0 radical (unpaired) electrons. The van der Waals surface area contributed by atoms with Crippen molar-refractivity contribution < 1.29 is 14.7 Å². The zero-order chi connectivity index (χ0) is 12.3. The van der Waals surface area contributed by atoms with Crippen molar-refractivity contribution in [3.8, 4) is 0 Å². The summed E-state index contributed by atoms with van der Waals surface area (Å²) >= 11 is 0. The van der Waals surface area contributed by atoms with E-state index in [4.69, 9.17) is 5.11 Å². The van der Waals surface area contributed by atoms with Gasteiger partial charge in [-0.15, -0.1) is 0 Å². The van der Waals surface area contributed by atoms with E-state index in [0.717, 1.165) is 5.56 Å². The van der Waals surface area contributed by atoms with E-state index in [1.54, 1.807) is 0 Å².